The summed E-state index contributed by atoms with van der Waals surface area (Å²) in [6.45, 7) is 1.93. The summed E-state index contributed by atoms with van der Waals surface area (Å²) in [6, 6.07) is 11.8. The van der Waals surface area contributed by atoms with Gasteiger partial charge in [-0.3, -0.25) is 4.99 Å². The first kappa shape index (κ1) is 21.9. The molecule has 2 aromatic rings. The van der Waals surface area contributed by atoms with E-state index in [0.717, 1.165) is 36.3 Å². The zero-order valence-electron chi connectivity index (χ0n) is 17.9. The van der Waals surface area contributed by atoms with E-state index in [4.69, 9.17) is 14.2 Å². The summed E-state index contributed by atoms with van der Waals surface area (Å²) in [6.07, 6.45) is 7.79. The Morgan fingerprint density at radius 1 is 1.17 bits per heavy atom. The quantitative estimate of drug-likeness (QED) is 0.349. The molecule has 1 saturated carbocycles. The second-order valence-corrected chi connectivity index (χ2v) is 7.30. The van der Waals surface area contributed by atoms with Crippen LogP contribution in [0.5, 0.6) is 11.6 Å². The molecule has 162 valence electrons. The summed E-state index contributed by atoms with van der Waals surface area (Å²) >= 11 is 0. The molecule has 1 aromatic carbocycles. The van der Waals surface area contributed by atoms with Crippen LogP contribution in [-0.2, 0) is 11.3 Å². The van der Waals surface area contributed by atoms with Gasteiger partial charge in [0.25, 0.3) is 0 Å². The molecule has 1 aromatic heterocycles. The molecule has 1 aliphatic carbocycles. The minimum atomic E-state index is 0.323. The monoisotopic (exact) mass is 412 g/mol. The van der Waals surface area contributed by atoms with Gasteiger partial charge in [0.15, 0.2) is 5.96 Å². The van der Waals surface area contributed by atoms with E-state index in [9.17, 15) is 0 Å². The van der Waals surface area contributed by atoms with Crippen molar-refractivity contribution < 1.29 is 14.2 Å². The fraction of sp³-hybridized carbons (Fsp3) is 0.478. The molecule has 2 N–H and O–H groups in total. The average Bonchev–Trinajstić information content (AvgIpc) is 3.28. The van der Waals surface area contributed by atoms with Crippen LogP contribution in [-0.4, -0.2) is 44.4 Å². The number of nitrogens with zero attached hydrogens (tertiary/aromatic N) is 2. The number of guanidine groups is 1. The van der Waals surface area contributed by atoms with Gasteiger partial charge in [-0.15, -0.1) is 0 Å². The van der Waals surface area contributed by atoms with Gasteiger partial charge in [0, 0.05) is 57.7 Å². The van der Waals surface area contributed by atoms with Gasteiger partial charge < -0.3 is 24.8 Å². The van der Waals surface area contributed by atoms with Crippen molar-refractivity contribution in [3.8, 4) is 11.6 Å². The van der Waals surface area contributed by atoms with E-state index >= 15 is 0 Å². The number of methoxy groups -OCH3 is 1. The van der Waals surface area contributed by atoms with Crippen molar-refractivity contribution in [1.82, 2.24) is 10.3 Å². The van der Waals surface area contributed by atoms with Gasteiger partial charge in [-0.25, -0.2) is 4.98 Å². The highest BCUT2D eigenvalue weighted by molar-refractivity contribution is 5.93. The van der Waals surface area contributed by atoms with Crippen molar-refractivity contribution in [3.63, 3.8) is 0 Å². The van der Waals surface area contributed by atoms with Gasteiger partial charge in [-0.05, 0) is 43.4 Å². The second kappa shape index (κ2) is 12.0. The largest absolute Gasteiger partial charge is 0.493 e. The molecule has 7 heteroatoms. The van der Waals surface area contributed by atoms with Crippen molar-refractivity contribution in [2.75, 3.05) is 32.7 Å². The van der Waals surface area contributed by atoms with Crippen molar-refractivity contribution in [2.45, 2.75) is 44.8 Å². The van der Waals surface area contributed by atoms with E-state index < -0.39 is 0 Å². The molecule has 0 bridgehead atoms. The van der Waals surface area contributed by atoms with Gasteiger partial charge in [-0.1, -0.05) is 12.1 Å². The third-order valence-corrected chi connectivity index (χ3v) is 4.93. The minimum absolute atomic E-state index is 0.323. The van der Waals surface area contributed by atoms with Crippen LogP contribution in [0.1, 0.15) is 37.7 Å². The molecule has 0 radical (unpaired) electrons. The van der Waals surface area contributed by atoms with Gasteiger partial charge in [0.2, 0.25) is 5.88 Å². The predicted octanol–water partition coefficient (Wildman–Crippen LogP) is 4.01. The highest BCUT2D eigenvalue weighted by Crippen LogP contribution is 2.23. The molecule has 0 amide bonds. The normalized spacial score (nSPS) is 14.5. The summed E-state index contributed by atoms with van der Waals surface area (Å²) in [5.41, 5.74) is 1.97. The number of benzene rings is 1. The Labute approximate surface area is 178 Å². The topological polar surface area (TPSA) is 77.0 Å². The number of anilines is 1. The van der Waals surface area contributed by atoms with Gasteiger partial charge in [0.05, 0.1) is 6.61 Å². The molecule has 1 heterocycles. The zero-order valence-corrected chi connectivity index (χ0v) is 17.9. The first-order valence-electron chi connectivity index (χ1n) is 10.6. The molecule has 0 atom stereocenters. The third-order valence-electron chi connectivity index (χ3n) is 4.93. The second-order valence-electron chi connectivity index (χ2n) is 7.30. The molecule has 0 saturated heterocycles. The lowest BCUT2D eigenvalue weighted by atomic mass is 10.3. The lowest BCUT2D eigenvalue weighted by molar-refractivity contribution is 0.172. The number of hydrogen-bond acceptors (Lipinski definition) is 5. The number of aromatic nitrogens is 1. The van der Waals surface area contributed by atoms with E-state index in [-0.39, 0.29) is 0 Å². The first-order chi connectivity index (χ1) is 14.8. The summed E-state index contributed by atoms with van der Waals surface area (Å²) in [5, 5.41) is 6.60. The Hall–Kier alpha value is -2.80. The molecule has 0 spiro atoms. The lowest BCUT2D eigenvalue weighted by Crippen LogP contribution is -2.30. The Kier molecular flexibility index (Phi) is 8.78. The Bertz CT molecular complexity index is 789. The first-order valence-corrected chi connectivity index (χ1v) is 10.6. The maximum absolute atomic E-state index is 5.92. The Balaban J connectivity index is 1.46. The van der Waals surface area contributed by atoms with E-state index in [2.05, 4.69) is 20.6 Å². The summed E-state index contributed by atoms with van der Waals surface area (Å²) in [7, 11) is 3.44. The van der Waals surface area contributed by atoms with E-state index in [1.54, 1.807) is 14.2 Å². The lowest BCUT2D eigenvalue weighted by Gasteiger charge is -2.14. The number of nitrogens with one attached hydrogen (secondary N) is 2. The highest BCUT2D eigenvalue weighted by Gasteiger charge is 2.16. The molecule has 3 rings (SSSR count). The van der Waals surface area contributed by atoms with Gasteiger partial charge >= 0.3 is 0 Å². The van der Waals surface area contributed by atoms with Gasteiger partial charge in [-0.2, -0.15) is 0 Å². The van der Waals surface area contributed by atoms with Crippen molar-refractivity contribution in [3.05, 3.63) is 48.2 Å². The van der Waals surface area contributed by atoms with Crippen LogP contribution in [0.2, 0.25) is 0 Å². The third kappa shape index (κ3) is 7.22. The maximum Gasteiger partial charge on any atom is 0.213 e. The number of hydrogen-bond donors (Lipinski definition) is 2. The molecular weight excluding hydrogens is 380 g/mol. The fourth-order valence-electron chi connectivity index (χ4n) is 3.32. The van der Waals surface area contributed by atoms with Crippen LogP contribution in [0.3, 0.4) is 0 Å². The van der Waals surface area contributed by atoms with E-state index in [1.165, 1.54) is 12.8 Å². The highest BCUT2D eigenvalue weighted by atomic mass is 16.5. The number of ether oxygens (including phenoxy) is 3. The molecule has 0 aliphatic heterocycles. The SMILES string of the molecule is CN=C(NCc1ccc(OC2CCCC2)nc1)Nc1cccc(OCCCOC)c1. The van der Waals surface area contributed by atoms with Crippen molar-refractivity contribution >= 4 is 11.6 Å². The zero-order chi connectivity index (χ0) is 21.0. The van der Waals surface area contributed by atoms with Gasteiger partial charge in [0.1, 0.15) is 11.9 Å². The summed E-state index contributed by atoms with van der Waals surface area (Å²) in [4.78, 5) is 8.73. The summed E-state index contributed by atoms with van der Waals surface area (Å²) < 4.78 is 16.7. The van der Waals surface area contributed by atoms with Crippen LogP contribution in [0, 0.1) is 0 Å². The van der Waals surface area contributed by atoms with E-state index in [0.29, 0.717) is 37.7 Å². The fourth-order valence-corrected chi connectivity index (χ4v) is 3.32. The van der Waals surface area contributed by atoms with Crippen molar-refractivity contribution in [1.29, 1.82) is 0 Å². The molecule has 7 nitrogen and oxygen atoms in total. The van der Waals surface area contributed by atoms with Crippen LogP contribution < -0.4 is 20.1 Å². The van der Waals surface area contributed by atoms with Crippen molar-refractivity contribution in [2.24, 2.45) is 4.99 Å². The number of rotatable bonds is 10. The van der Waals surface area contributed by atoms with Crippen LogP contribution in [0.4, 0.5) is 5.69 Å². The minimum Gasteiger partial charge on any atom is -0.493 e. The van der Waals surface area contributed by atoms with Crippen LogP contribution in [0.15, 0.2) is 47.6 Å². The predicted molar refractivity (Wildman–Crippen MR) is 119 cm³/mol. The Morgan fingerprint density at radius 3 is 2.77 bits per heavy atom. The van der Waals surface area contributed by atoms with Crippen LogP contribution in [0.25, 0.3) is 0 Å². The molecular formula is C23H32N4O3. The van der Waals surface area contributed by atoms with Crippen LogP contribution >= 0.6 is 0 Å². The van der Waals surface area contributed by atoms with E-state index in [1.807, 2.05) is 42.6 Å². The molecule has 30 heavy (non-hydrogen) atoms. The number of pyridine rings is 1. The standard InChI is InChI=1S/C23H32N4O3/c1-24-23(27-19-7-5-10-21(15-19)29-14-6-13-28-2)26-17-18-11-12-22(25-16-18)30-20-8-3-4-9-20/h5,7,10-12,15-16,20H,3-4,6,8-9,13-14,17H2,1-2H3,(H2,24,26,27). The Morgan fingerprint density at radius 2 is 2.03 bits per heavy atom. The average molecular weight is 413 g/mol. The molecule has 1 aliphatic rings. The maximum atomic E-state index is 5.92. The molecule has 0 unspecified atom stereocenters. The number of aliphatic imine (C=N–C) groups is 1. The molecule has 1 fully saturated rings. The smallest absolute Gasteiger partial charge is 0.213 e. The summed E-state index contributed by atoms with van der Waals surface area (Å²) in [5.74, 6) is 2.20.